The monoisotopic (exact) mass is 411 g/mol. The van der Waals surface area contributed by atoms with Crippen molar-refractivity contribution in [3.05, 3.63) is 58.5 Å². The lowest BCUT2D eigenvalue weighted by atomic mass is 10.2. The Morgan fingerprint density at radius 1 is 1.29 bits per heavy atom. The number of hydrogen-bond donors (Lipinski definition) is 2. The summed E-state index contributed by atoms with van der Waals surface area (Å²) in [4.78, 5) is 20.2. The molecule has 0 unspecified atom stereocenters. The number of pyridine rings is 1. The minimum Gasteiger partial charge on any atom is -0.384 e. The molecule has 0 aliphatic heterocycles. The highest BCUT2D eigenvalue weighted by Gasteiger charge is 2.19. The lowest BCUT2D eigenvalue weighted by Gasteiger charge is -2.07. The quantitative estimate of drug-likeness (QED) is 0.454. The maximum absolute atomic E-state index is 14.4. The Morgan fingerprint density at radius 2 is 2.11 bits per heavy atom. The normalized spacial score (nSPS) is 10.8. The third-order valence-electron chi connectivity index (χ3n) is 3.81. The number of nitrogens with one attached hydrogen (secondary N) is 1. The molecule has 4 aromatic rings. The lowest BCUT2D eigenvalue weighted by molar-refractivity contribution is 0.632. The second-order valence-corrected chi connectivity index (χ2v) is 7.15. The first-order valence-electron chi connectivity index (χ1n) is 7.96. The van der Waals surface area contributed by atoms with Crippen LogP contribution in [0, 0.1) is 19.3 Å². The number of aryl methyl sites for hydroxylation is 1. The van der Waals surface area contributed by atoms with E-state index in [9.17, 15) is 4.39 Å². The molecule has 0 aliphatic rings. The fraction of sp³-hybridized carbons (Fsp3) is 0.0556. The van der Waals surface area contributed by atoms with Crippen LogP contribution in [0.1, 0.15) is 5.82 Å². The summed E-state index contributed by atoms with van der Waals surface area (Å²) in [7, 11) is 0. The number of fused-ring (bicyclic) bond motifs is 1. The van der Waals surface area contributed by atoms with E-state index in [1.54, 1.807) is 31.2 Å². The van der Waals surface area contributed by atoms with E-state index in [1.807, 2.05) is 0 Å². The first kappa shape index (κ1) is 18.0. The van der Waals surface area contributed by atoms with Crippen LogP contribution in [0.4, 0.5) is 27.5 Å². The number of anilines is 3. The fourth-order valence-corrected chi connectivity index (χ4v) is 4.08. The smallest absolute Gasteiger partial charge is 0.198 e. The molecule has 28 heavy (non-hydrogen) atoms. The van der Waals surface area contributed by atoms with Crippen molar-refractivity contribution in [2.75, 3.05) is 11.1 Å². The van der Waals surface area contributed by atoms with Gasteiger partial charge in [-0.2, -0.15) is 0 Å². The highest BCUT2D eigenvalue weighted by molar-refractivity contribution is 7.22. The first-order valence-corrected chi connectivity index (χ1v) is 9.15. The van der Waals surface area contributed by atoms with Crippen LogP contribution in [0.25, 0.3) is 25.6 Å². The number of nitrogens with two attached hydrogens (primary N) is 1. The number of nitrogens with zero attached hydrogens (tertiary/aromatic N) is 5. The summed E-state index contributed by atoms with van der Waals surface area (Å²) < 4.78 is 14.8. The van der Waals surface area contributed by atoms with Crippen molar-refractivity contribution in [1.29, 1.82) is 0 Å². The molecule has 0 spiro atoms. The number of hydrogen-bond acceptors (Lipinski definition) is 7. The Bertz CT molecular complexity index is 1240. The largest absolute Gasteiger partial charge is 0.384 e. The van der Waals surface area contributed by atoms with Crippen molar-refractivity contribution in [2.24, 2.45) is 0 Å². The molecule has 4 rings (SSSR count). The van der Waals surface area contributed by atoms with Gasteiger partial charge >= 0.3 is 0 Å². The van der Waals surface area contributed by atoms with Gasteiger partial charge in [0, 0.05) is 16.7 Å². The van der Waals surface area contributed by atoms with Crippen molar-refractivity contribution < 1.29 is 4.39 Å². The average molecular weight is 412 g/mol. The van der Waals surface area contributed by atoms with Gasteiger partial charge in [-0.05, 0) is 13.0 Å². The van der Waals surface area contributed by atoms with Gasteiger partial charge in [0.1, 0.15) is 32.7 Å². The molecule has 3 aromatic heterocycles. The molecule has 138 valence electrons. The Balaban J connectivity index is 1.88. The maximum Gasteiger partial charge on any atom is 0.198 e. The topological polar surface area (TPSA) is 94.0 Å². The average Bonchev–Trinajstić information content (AvgIpc) is 3.09. The Morgan fingerprint density at radius 3 is 2.86 bits per heavy atom. The van der Waals surface area contributed by atoms with Gasteiger partial charge in [0.25, 0.3) is 0 Å². The number of rotatable bonds is 3. The first-order chi connectivity index (χ1) is 13.5. The third-order valence-corrected chi connectivity index (χ3v) is 5.20. The van der Waals surface area contributed by atoms with E-state index in [2.05, 4.69) is 30.1 Å². The molecule has 1 aromatic carbocycles. The predicted molar refractivity (Wildman–Crippen MR) is 109 cm³/mol. The predicted octanol–water partition coefficient (Wildman–Crippen LogP) is 5.13. The van der Waals surface area contributed by atoms with E-state index in [0.29, 0.717) is 49.3 Å². The number of benzene rings is 1. The van der Waals surface area contributed by atoms with Crippen LogP contribution in [0.3, 0.4) is 0 Å². The Kier molecular flexibility index (Phi) is 4.50. The molecule has 0 aliphatic carbocycles. The van der Waals surface area contributed by atoms with Gasteiger partial charge in [-0.25, -0.2) is 29.2 Å². The molecule has 0 atom stereocenters. The number of thiazole rings is 1. The van der Waals surface area contributed by atoms with Crippen LogP contribution in [0.15, 0.2) is 30.5 Å². The van der Waals surface area contributed by atoms with Crippen molar-refractivity contribution in [2.45, 2.75) is 6.92 Å². The molecule has 0 amide bonds. The molecule has 0 saturated carbocycles. The molecular formula is C18H11ClFN7S. The Labute approximate surface area is 167 Å². The van der Waals surface area contributed by atoms with Crippen LogP contribution < -0.4 is 11.1 Å². The zero-order chi connectivity index (χ0) is 19.8. The minimum atomic E-state index is -0.571. The number of aromatic nitrogens is 4. The van der Waals surface area contributed by atoms with E-state index < -0.39 is 5.82 Å². The molecule has 7 nitrogen and oxygen atoms in total. The van der Waals surface area contributed by atoms with Gasteiger partial charge in [-0.15, -0.1) is 11.3 Å². The van der Waals surface area contributed by atoms with Crippen molar-refractivity contribution in [3.8, 4) is 10.6 Å². The third kappa shape index (κ3) is 3.19. The second kappa shape index (κ2) is 6.99. The van der Waals surface area contributed by atoms with Crippen molar-refractivity contribution >= 4 is 56.3 Å². The van der Waals surface area contributed by atoms with Crippen LogP contribution in [0.2, 0.25) is 5.02 Å². The van der Waals surface area contributed by atoms with E-state index in [1.165, 1.54) is 11.3 Å². The van der Waals surface area contributed by atoms with Gasteiger partial charge < -0.3 is 11.1 Å². The van der Waals surface area contributed by atoms with Crippen LogP contribution in [-0.4, -0.2) is 19.9 Å². The highest BCUT2D eigenvalue weighted by atomic mass is 35.5. The summed E-state index contributed by atoms with van der Waals surface area (Å²) in [6.07, 6.45) is 1.08. The molecule has 0 radical (unpaired) electrons. The molecule has 3 N–H and O–H groups in total. The molecule has 0 saturated heterocycles. The van der Waals surface area contributed by atoms with Crippen LogP contribution in [-0.2, 0) is 0 Å². The summed E-state index contributed by atoms with van der Waals surface area (Å²) in [5.41, 5.74) is 6.69. The van der Waals surface area contributed by atoms with Gasteiger partial charge in [0.05, 0.1) is 12.8 Å². The number of nitrogen functional groups attached to an aromatic ring is 1. The SMILES string of the molecule is [C-]#[N+]c1cccc(Cl)c1-c1nc2c(F)cnc(Nc3cc(N)nc(C)n3)c2s1. The second-order valence-electron chi connectivity index (χ2n) is 5.75. The van der Waals surface area contributed by atoms with E-state index in [0.717, 1.165) is 6.20 Å². The Hall–Kier alpha value is -3.35. The standard InChI is InChI=1S/C18H11ClFN7S/c1-8-24-12(21)6-13(25-8)26-17-16-15(10(20)7-23-17)27-18(28-16)14-9(19)4-3-5-11(14)22-2/h3-7H,1H3,(H3,21,23,24,25,26). The summed E-state index contributed by atoms with van der Waals surface area (Å²) in [5.74, 6) is 1.02. The van der Waals surface area contributed by atoms with Crippen LogP contribution in [0.5, 0.6) is 0 Å². The zero-order valence-electron chi connectivity index (χ0n) is 14.4. The fourth-order valence-electron chi connectivity index (χ4n) is 2.67. The van der Waals surface area contributed by atoms with E-state index >= 15 is 0 Å². The summed E-state index contributed by atoms with van der Waals surface area (Å²) in [6.45, 7) is 9.07. The molecule has 10 heteroatoms. The summed E-state index contributed by atoms with van der Waals surface area (Å²) in [5, 5.41) is 3.83. The van der Waals surface area contributed by atoms with Gasteiger partial charge in [-0.3, -0.25) is 0 Å². The van der Waals surface area contributed by atoms with E-state index in [-0.39, 0.29) is 5.52 Å². The highest BCUT2D eigenvalue weighted by Crippen LogP contribution is 2.42. The molecule has 0 bridgehead atoms. The molecular weight excluding hydrogens is 401 g/mol. The molecule has 3 heterocycles. The van der Waals surface area contributed by atoms with Gasteiger partial charge in [0.15, 0.2) is 17.3 Å². The maximum atomic E-state index is 14.4. The number of halogens is 2. The van der Waals surface area contributed by atoms with Gasteiger partial charge in [0.2, 0.25) is 0 Å². The summed E-state index contributed by atoms with van der Waals surface area (Å²) in [6, 6.07) is 6.54. The van der Waals surface area contributed by atoms with E-state index in [4.69, 9.17) is 23.9 Å². The van der Waals surface area contributed by atoms with Crippen LogP contribution >= 0.6 is 22.9 Å². The summed E-state index contributed by atoms with van der Waals surface area (Å²) >= 11 is 7.47. The lowest BCUT2D eigenvalue weighted by Crippen LogP contribution is -2.02. The zero-order valence-corrected chi connectivity index (χ0v) is 15.9. The van der Waals surface area contributed by atoms with Crippen molar-refractivity contribution in [3.63, 3.8) is 0 Å². The van der Waals surface area contributed by atoms with Gasteiger partial charge in [-0.1, -0.05) is 23.7 Å². The molecule has 0 fully saturated rings. The van der Waals surface area contributed by atoms with Crippen molar-refractivity contribution in [1.82, 2.24) is 19.9 Å². The minimum absolute atomic E-state index is 0.132.